The Morgan fingerprint density at radius 1 is 0.892 bits per heavy atom. The van der Waals surface area contributed by atoms with E-state index in [1.165, 1.54) is 20.3 Å². The Morgan fingerprint density at radius 3 is 2.27 bits per heavy atom. The Kier molecular flexibility index (Phi) is 8.40. The van der Waals surface area contributed by atoms with Gasteiger partial charge in [0.1, 0.15) is 24.4 Å². The van der Waals surface area contributed by atoms with Gasteiger partial charge in [0.15, 0.2) is 23.0 Å². The molecule has 0 bridgehead atoms. The number of carbonyl (C=O) groups is 1. The highest BCUT2D eigenvalue weighted by Gasteiger charge is 2.45. The molecule has 37 heavy (non-hydrogen) atoms. The first-order valence-electron chi connectivity index (χ1n) is 11.9. The molecule has 11 nitrogen and oxygen atoms in total. The summed E-state index contributed by atoms with van der Waals surface area (Å²) in [6, 6.07) is 10.1. The predicted molar refractivity (Wildman–Crippen MR) is 127 cm³/mol. The van der Waals surface area contributed by atoms with Gasteiger partial charge in [0, 0.05) is 5.92 Å². The summed E-state index contributed by atoms with van der Waals surface area (Å²) in [5, 5.41) is 49.5. The van der Waals surface area contributed by atoms with Gasteiger partial charge in [-0.05, 0) is 48.2 Å². The molecule has 2 aromatic rings. The molecule has 5 N–H and O–H groups in total. The van der Waals surface area contributed by atoms with Crippen LogP contribution in [0.2, 0.25) is 0 Å². The molecule has 2 saturated heterocycles. The van der Waals surface area contributed by atoms with Gasteiger partial charge in [-0.25, -0.2) is 0 Å². The summed E-state index contributed by atoms with van der Waals surface area (Å²) < 4.78 is 27.1. The molecule has 0 unspecified atom stereocenters. The Morgan fingerprint density at radius 2 is 1.57 bits per heavy atom. The highest BCUT2D eigenvalue weighted by molar-refractivity contribution is 5.75. The lowest BCUT2D eigenvalue weighted by atomic mass is 9.85. The van der Waals surface area contributed by atoms with E-state index in [0.717, 1.165) is 11.1 Å². The summed E-state index contributed by atoms with van der Waals surface area (Å²) in [5.74, 6) is 0.141. The van der Waals surface area contributed by atoms with E-state index in [9.17, 15) is 30.3 Å². The lowest BCUT2D eigenvalue weighted by molar-refractivity contribution is -0.277. The van der Waals surface area contributed by atoms with Crippen molar-refractivity contribution < 1.29 is 54.0 Å². The maximum Gasteiger partial charge on any atom is 0.309 e. The first kappa shape index (κ1) is 27.0. The molecule has 2 heterocycles. The molecule has 0 aliphatic carbocycles. The van der Waals surface area contributed by atoms with E-state index in [1.54, 1.807) is 30.3 Å². The average molecular weight is 521 g/mol. The number of carbonyl (C=O) groups excluding carboxylic acids is 1. The lowest BCUT2D eigenvalue weighted by Crippen LogP contribution is -2.60. The minimum Gasteiger partial charge on any atom is -0.504 e. The molecule has 2 fully saturated rings. The number of cyclic esters (lactones) is 1. The van der Waals surface area contributed by atoms with Gasteiger partial charge in [0.05, 0.1) is 33.4 Å². The molecule has 2 aliphatic heterocycles. The Labute approximate surface area is 213 Å². The normalized spacial score (nSPS) is 29.6. The zero-order chi connectivity index (χ0) is 26.7. The second kappa shape index (κ2) is 11.5. The molecule has 0 spiro atoms. The molecule has 0 amide bonds. The second-order valence-corrected chi connectivity index (χ2v) is 9.21. The fourth-order valence-electron chi connectivity index (χ4n) is 4.69. The van der Waals surface area contributed by atoms with Crippen LogP contribution in [0.4, 0.5) is 0 Å². The molecule has 2 aliphatic rings. The number of esters is 1. The number of aliphatic hydroxyl groups excluding tert-OH is 4. The van der Waals surface area contributed by atoms with E-state index in [1.807, 2.05) is 0 Å². The predicted octanol–water partition coefficient (Wildman–Crippen LogP) is 0.163. The number of rotatable bonds is 9. The van der Waals surface area contributed by atoms with Crippen LogP contribution in [0.1, 0.15) is 11.1 Å². The monoisotopic (exact) mass is 520 g/mol. The Hall–Kier alpha value is -3.09. The van der Waals surface area contributed by atoms with E-state index < -0.39 is 37.3 Å². The van der Waals surface area contributed by atoms with Crippen LogP contribution in [-0.4, -0.2) is 89.6 Å². The van der Waals surface area contributed by atoms with Crippen molar-refractivity contribution in [3.8, 4) is 23.0 Å². The van der Waals surface area contributed by atoms with E-state index >= 15 is 0 Å². The number of aromatic hydroxyl groups is 1. The van der Waals surface area contributed by atoms with Gasteiger partial charge in [-0.2, -0.15) is 0 Å². The zero-order valence-electron chi connectivity index (χ0n) is 20.5. The molecule has 2 aromatic carbocycles. The highest BCUT2D eigenvalue weighted by Crippen LogP contribution is 2.36. The maximum atomic E-state index is 12.5. The van der Waals surface area contributed by atoms with Crippen molar-refractivity contribution in [2.45, 2.75) is 43.5 Å². The van der Waals surface area contributed by atoms with Crippen LogP contribution in [0.3, 0.4) is 0 Å². The van der Waals surface area contributed by atoms with E-state index in [-0.39, 0.29) is 35.9 Å². The van der Waals surface area contributed by atoms with E-state index in [2.05, 4.69) is 0 Å². The van der Waals surface area contributed by atoms with Gasteiger partial charge >= 0.3 is 5.97 Å². The van der Waals surface area contributed by atoms with Crippen LogP contribution in [0.15, 0.2) is 36.4 Å². The van der Waals surface area contributed by atoms with Crippen molar-refractivity contribution in [3.05, 3.63) is 47.5 Å². The third-order valence-electron chi connectivity index (χ3n) is 6.83. The molecule has 7 atom stereocenters. The van der Waals surface area contributed by atoms with Crippen LogP contribution in [-0.2, 0) is 27.1 Å². The zero-order valence-corrected chi connectivity index (χ0v) is 20.5. The summed E-state index contributed by atoms with van der Waals surface area (Å²) in [5.41, 5.74) is 1.69. The summed E-state index contributed by atoms with van der Waals surface area (Å²) in [7, 11) is 2.91. The third-order valence-corrected chi connectivity index (χ3v) is 6.83. The number of benzene rings is 2. The number of phenolic OH excluding ortho intramolecular Hbond substituents is 1. The minimum absolute atomic E-state index is 0.0231. The van der Waals surface area contributed by atoms with Crippen molar-refractivity contribution in [1.82, 2.24) is 0 Å². The summed E-state index contributed by atoms with van der Waals surface area (Å²) in [6.07, 6.45) is -6.11. The SMILES string of the molecule is COc1cc(C[C@@H]2C(=O)OC[C@H]2Cc2ccc(O[C@@H]3O[C@H](CO)[C@@H](O)[C@H](O)[C@H]3O)c(OC)c2)ccc1O. The van der Waals surface area contributed by atoms with Gasteiger partial charge in [0.2, 0.25) is 6.29 Å². The van der Waals surface area contributed by atoms with Gasteiger partial charge in [-0.3, -0.25) is 4.79 Å². The van der Waals surface area contributed by atoms with Crippen molar-refractivity contribution >= 4 is 5.97 Å². The molecular formula is C26H32O11. The summed E-state index contributed by atoms with van der Waals surface area (Å²) >= 11 is 0. The average Bonchev–Trinajstić information content (AvgIpc) is 3.24. The number of ether oxygens (including phenoxy) is 5. The van der Waals surface area contributed by atoms with Gasteiger partial charge in [-0.1, -0.05) is 12.1 Å². The summed E-state index contributed by atoms with van der Waals surface area (Å²) in [4.78, 5) is 12.5. The molecule has 202 valence electrons. The molecule has 0 aromatic heterocycles. The lowest BCUT2D eigenvalue weighted by Gasteiger charge is -2.39. The first-order chi connectivity index (χ1) is 17.7. The topological polar surface area (TPSA) is 164 Å². The van der Waals surface area contributed by atoms with Gasteiger partial charge in [0.25, 0.3) is 0 Å². The third kappa shape index (κ3) is 5.76. The molecule has 0 saturated carbocycles. The van der Waals surface area contributed by atoms with Crippen LogP contribution in [0.25, 0.3) is 0 Å². The smallest absolute Gasteiger partial charge is 0.309 e. The largest absolute Gasteiger partial charge is 0.504 e. The second-order valence-electron chi connectivity index (χ2n) is 9.21. The number of phenols is 1. The van der Waals surface area contributed by atoms with Crippen LogP contribution >= 0.6 is 0 Å². The first-order valence-corrected chi connectivity index (χ1v) is 11.9. The van der Waals surface area contributed by atoms with Crippen molar-refractivity contribution in [2.24, 2.45) is 11.8 Å². The van der Waals surface area contributed by atoms with E-state index in [0.29, 0.717) is 24.3 Å². The van der Waals surface area contributed by atoms with Crippen molar-refractivity contribution in [3.63, 3.8) is 0 Å². The standard InChI is InChI=1S/C26H32O11/c1-33-19-9-14(3-5-17(19)28)8-16-15(12-35-25(16)32)7-13-4-6-18(20(10-13)34-2)36-26-24(31)23(30)22(29)21(11-27)37-26/h3-6,9-10,15-16,21-24,26-31H,7-8,11-12H2,1-2H3/t15-,16+,21-,22-,23+,24-,26-/m1/s1. The van der Waals surface area contributed by atoms with Gasteiger partial charge < -0.3 is 49.2 Å². The van der Waals surface area contributed by atoms with Crippen molar-refractivity contribution in [2.75, 3.05) is 27.4 Å². The summed E-state index contributed by atoms with van der Waals surface area (Å²) in [6.45, 7) is -0.300. The highest BCUT2D eigenvalue weighted by atomic mass is 16.7. The fourth-order valence-corrected chi connectivity index (χ4v) is 4.69. The van der Waals surface area contributed by atoms with Crippen LogP contribution < -0.4 is 14.2 Å². The molecule has 11 heteroatoms. The number of hydrogen-bond acceptors (Lipinski definition) is 11. The quantitative estimate of drug-likeness (QED) is 0.286. The molecule has 4 rings (SSSR count). The van der Waals surface area contributed by atoms with Gasteiger partial charge in [-0.15, -0.1) is 0 Å². The van der Waals surface area contributed by atoms with Crippen LogP contribution in [0.5, 0.6) is 23.0 Å². The Bertz CT molecular complexity index is 1090. The molecular weight excluding hydrogens is 488 g/mol. The maximum absolute atomic E-state index is 12.5. The van der Waals surface area contributed by atoms with Crippen LogP contribution in [0, 0.1) is 11.8 Å². The van der Waals surface area contributed by atoms with E-state index in [4.69, 9.17) is 23.7 Å². The number of methoxy groups -OCH3 is 2. The minimum atomic E-state index is -1.56. The number of hydrogen-bond donors (Lipinski definition) is 5. The number of aliphatic hydroxyl groups is 4. The van der Waals surface area contributed by atoms with Crippen molar-refractivity contribution in [1.29, 1.82) is 0 Å². The fraction of sp³-hybridized carbons (Fsp3) is 0.500. The Balaban J connectivity index is 1.47. The molecule has 0 radical (unpaired) electrons.